The van der Waals surface area contributed by atoms with Gasteiger partial charge in [-0.15, -0.1) is 0 Å². The highest BCUT2D eigenvalue weighted by Gasteiger charge is 2.41. The van der Waals surface area contributed by atoms with Gasteiger partial charge in [-0.2, -0.15) is 17.0 Å². The molecule has 1 N–H and O–H groups in total. The van der Waals surface area contributed by atoms with Crippen molar-refractivity contribution < 1.29 is 23.1 Å². The normalized spacial score (nSPS) is 19.9. The predicted molar refractivity (Wildman–Crippen MR) is 92.4 cm³/mol. The van der Waals surface area contributed by atoms with Crippen LogP contribution in [-0.4, -0.2) is 54.3 Å². The van der Waals surface area contributed by atoms with E-state index in [1.807, 2.05) is 24.3 Å². The minimum atomic E-state index is -3.58. The van der Waals surface area contributed by atoms with Crippen LogP contribution in [0.5, 0.6) is 5.75 Å². The van der Waals surface area contributed by atoms with E-state index in [9.17, 15) is 13.2 Å². The second kappa shape index (κ2) is 7.31. The number of methoxy groups -OCH3 is 1. The summed E-state index contributed by atoms with van der Waals surface area (Å²) < 4.78 is 34.2. The molecule has 1 saturated heterocycles. The molecule has 0 amide bonds. The Balaban J connectivity index is 1.72. The molecule has 2 fully saturated rings. The molecule has 1 aromatic rings. The third-order valence-corrected chi connectivity index (χ3v) is 6.92. The van der Waals surface area contributed by atoms with Crippen LogP contribution in [0.4, 0.5) is 0 Å². The first-order valence-corrected chi connectivity index (χ1v) is 9.94. The van der Waals surface area contributed by atoms with Gasteiger partial charge >= 0.3 is 5.97 Å². The first kappa shape index (κ1) is 18.2. The lowest BCUT2D eigenvalue weighted by Gasteiger charge is -2.34. The zero-order valence-electron chi connectivity index (χ0n) is 14.3. The Morgan fingerprint density at radius 2 is 1.80 bits per heavy atom. The van der Waals surface area contributed by atoms with Gasteiger partial charge in [0.1, 0.15) is 5.75 Å². The molecule has 138 valence electrons. The number of hydrogen-bond donors (Lipinski definition) is 1. The molecule has 1 aliphatic carbocycles. The number of hydrogen-bond acceptors (Lipinski definition) is 4. The van der Waals surface area contributed by atoms with E-state index in [2.05, 4.69) is 0 Å². The zero-order valence-corrected chi connectivity index (χ0v) is 15.1. The molecule has 2 aliphatic rings. The molecule has 8 heteroatoms. The summed E-state index contributed by atoms with van der Waals surface area (Å²) in [6.45, 7) is 0.867. The monoisotopic (exact) mass is 368 g/mol. The van der Waals surface area contributed by atoms with Crippen molar-refractivity contribution in [2.24, 2.45) is 5.92 Å². The standard InChI is InChI=1S/C17H24N2O5S/c1-24-16-6-2-13(3-7-16)12-19(15-4-5-15)25(22,23)18-10-8-14(9-11-18)17(20)21/h2-3,6-7,14-15H,4-5,8-12H2,1H3,(H,20,21). The minimum Gasteiger partial charge on any atom is -0.497 e. The van der Waals surface area contributed by atoms with E-state index in [0.717, 1.165) is 24.2 Å². The fourth-order valence-electron chi connectivity index (χ4n) is 3.15. The summed E-state index contributed by atoms with van der Waals surface area (Å²) in [7, 11) is -1.99. The first-order chi connectivity index (χ1) is 11.9. The number of nitrogens with zero attached hydrogens (tertiary/aromatic N) is 2. The Morgan fingerprint density at radius 1 is 1.20 bits per heavy atom. The van der Waals surface area contributed by atoms with Gasteiger partial charge in [0.25, 0.3) is 10.2 Å². The van der Waals surface area contributed by atoms with E-state index in [4.69, 9.17) is 9.84 Å². The summed E-state index contributed by atoms with van der Waals surface area (Å²) in [6.07, 6.45) is 2.49. The lowest BCUT2D eigenvalue weighted by atomic mass is 9.99. The Kier molecular flexibility index (Phi) is 5.31. The van der Waals surface area contributed by atoms with E-state index in [1.165, 1.54) is 4.31 Å². The second-order valence-corrected chi connectivity index (χ2v) is 8.52. The molecular weight excluding hydrogens is 344 g/mol. The summed E-state index contributed by atoms with van der Waals surface area (Å²) in [5.74, 6) is -0.544. The molecule has 0 spiro atoms. The maximum Gasteiger partial charge on any atom is 0.306 e. The minimum absolute atomic E-state index is 0.0456. The van der Waals surface area contributed by atoms with Gasteiger partial charge in [-0.25, -0.2) is 0 Å². The smallest absolute Gasteiger partial charge is 0.306 e. The van der Waals surface area contributed by atoms with Crippen molar-refractivity contribution in [3.8, 4) is 5.75 Å². The molecule has 0 aromatic heterocycles. The van der Waals surface area contributed by atoms with Crippen LogP contribution in [0.15, 0.2) is 24.3 Å². The number of rotatable bonds is 7. The molecule has 0 atom stereocenters. The zero-order chi connectivity index (χ0) is 18.0. The molecule has 3 rings (SSSR count). The maximum atomic E-state index is 13.1. The third kappa shape index (κ3) is 4.13. The Hall–Kier alpha value is -1.64. The van der Waals surface area contributed by atoms with Crippen LogP contribution in [0.25, 0.3) is 0 Å². The molecule has 1 saturated carbocycles. The molecule has 25 heavy (non-hydrogen) atoms. The van der Waals surface area contributed by atoms with Gasteiger partial charge in [-0.1, -0.05) is 12.1 Å². The van der Waals surface area contributed by atoms with Crippen LogP contribution in [0, 0.1) is 5.92 Å². The van der Waals surface area contributed by atoms with Crippen molar-refractivity contribution in [1.29, 1.82) is 0 Å². The Morgan fingerprint density at radius 3 is 2.28 bits per heavy atom. The largest absolute Gasteiger partial charge is 0.497 e. The summed E-state index contributed by atoms with van der Waals surface area (Å²) in [4.78, 5) is 11.1. The topological polar surface area (TPSA) is 87.2 Å². The van der Waals surface area contributed by atoms with Gasteiger partial charge in [-0.3, -0.25) is 4.79 Å². The maximum absolute atomic E-state index is 13.1. The van der Waals surface area contributed by atoms with Crippen LogP contribution in [0.1, 0.15) is 31.2 Å². The Bertz CT molecular complexity index is 707. The van der Waals surface area contributed by atoms with E-state index in [-0.39, 0.29) is 19.1 Å². The molecule has 1 heterocycles. The number of carboxylic acid groups (broad SMARTS) is 1. The highest BCUT2D eigenvalue weighted by atomic mass is 32.2. The van der Waals surface area contributed by atoms with Crippen LogP contribution in [-0.2, 0) is 21.5 Å². The molecule has 0 unspecified atom stereocenters. The van der Waals surface area contributed by atoms with Gasteiger partial charge in [0.15, 0.2) is 0 Å². The van der Waals surface area contributed by atoms with Crippen LogP contribution in [0.2, 0.25) is 0 Å². The van der Waals surface area contributed by atoms with E-state index >= 15 is 0 Å². The quantitative estimate of drug-likeness (QED) is 0.791. The van der Waals surface area contributed by atoms with Crippen molar-refractivity contribution in [2.75, 3.05) is 20.2 Å². The average molecular weight is 368 g/mol. The summed E-state index contributed by atoms with van der Waals surface area (Å²) >= 11 is 0. The average Bonchev–Trinajstić information content (AvgIpc) is 3.45. The van der Waals surface area contributed by atoms with E-state index < -0.39 is 22.1 Å². The van der Waals surface area contributed by atoms with Gasteiger partial charge in [0.2, 0.25) is 0 Å². The fourth-order valence-corrected chi connectivity index (χ4v) is 5.02. The summed E-state index contributed by atoms with van der Waals surface area (Å²) in [5.41, 5.74) is 0.914. The van der Waals surface area contributed by atoms with Gasteiger partial charge in [0, 0.05) is 25.7 Å². The van der Waals surface area contributed by atoms with Crippen molar-refractivity contribution in [1.82, 2.24) is 8.61 Å². The summed E-state index contributed by atoms with van der Waals surface area (Å²) in [6, 6.07) is 7.45. The molecular formula is C17H24N2O5S. The molecule has 0 bridgehead atoms. The van der Waals surface area contributed by atoms with Crippen molar-refractivity contribution in [2.45, 2.75) is 38.3 Å². The van der Waals surface area contributed by atoms with Gasteiger partial charge < -0.3 is 9.84 Å². The van der Waals surface area contributed by atoms with Crippen molar-refractivity contribution in [3.63, 3.8) is 0 Å². The van der Waals surface area contributed by atoms with Gasteiger partial charge in [-0.05, 0) is 43.4 Å². The Labute approximate surface area is 148 Å². The number of carbonyl (C=O) groups is 1. The van der Waals surface area contributed by atoms with Crippen LogP contribution in [0.3, 0.4) is 0 Å². The molecule has 1 aliphatic heterocycles. The SMILES string of the molecule is COc1ccc(CN(C2CC2)S(=O)(=O)N2CCC(C(=O)O)CC2)cc1. The second-order valence-electron chi connectivity index (χ2n) is 6.64. The number of piperidine rings is 1. The molecule has 1 aromatic carbocycles. The van der Waals surface area contributed by atoms with Crippen molar-refractivity contribution >= 4 is 16.2 Å². The lowest BCUT2D eigenvalue weighted by molar-refractivity contribution is -0.142. The third-order valence-electron chi connectivity index (χ3n) is 4.88. The van der Waals surface area contributed by atoms with E-state index in [0.29, 0.717) is 19.4 Å². The number of benzene rings is 1. The fraction of sp³-hybridized carbons (Fsp3) is 0.588. The predicted octanol–water partition coefficient (Wildman–Crippen LogP) is 1.70. The van der Waals surface area contributed by atoms with Crippen LogP contribution >= 0.6 is 0 Å². The van der Waals surface area contributed by atoms with Crippen molar-refractivity contribution in [3.05, 3.63) is 29.8 Å². The van der Waals surface area contributed by atoms with Crippen LogP contribution < -0.4 is 4.74 Å². The van der Waals surface area contributed by atoms with E-state index in [1.54, 1.807) is 11.4 Å². The number of aliphatic carboxylic acids is 1. The highest BCUT2D eigenvalue weighted by Crippen LogP contribution is 2.33. The number of ether oxygens (including phenoxy) is 1. The molecule has 0 radical (unpaired) electrons. The van der Waals surface area contributed by atoms with Gasteiger partial charge in [0.05, 0.1) is 13.0 Å². The summed E-state index contributed by atoms with van der Waals surface area (Å²) in [5, 5.41) is 9.08. The number of carboxylic acids is 1. The lowest BCUT2D eigenvalue weighted by Crippen LogP contribution is -2.48. The highest BCUT2D eigenvalue weighted by molar-refractivity contribution is 7.86. The molecule has 7 nitrogen and oxygen atoms in total. The first-order valence-electron chi connectivity index (χ1n) is 8.54.